The number of para-hydroxylation sites is 3. The molecule has 0 aliphatic carbocycles. The molecule has 2 heterocycles. The molecular formula is C25H22F2N4O3. The van der Waals surface area contributed by atoms with Crippen LogP contribution in [0.25, 0.3) is 0 Å². The van der Waals surface area contributed by atoms with Crippen LogP contribution in [0.15, 0.2) is 65.7 Å². The van der Waals surface area contributed by atoms with Crippen LogP contribution in [0.2, 0.25) is 0 Å². The average molecular weight is 464 g/mol. The molecule has 0 aromatic heterocycles. The Hall–Kier alpha value is -4.14. The number of ether oxygens (including phenoxy) is 2. The molecule has 7 nitrogen and oxygen atoms in total. The standard InChI is InChI=1S/C25H22F2N4O3/c1-33-22-8-4-5-17-23(22)34-21-7-3-2-6-20(21)29-24(17)30-11-13-31(14-12-30)25(32)28-16-9-10-18(26)19(27)15-16/h2-10,15H,11-14H2,1H3,(H,28,32). The number of benzene rings is 3. The van der Waals surface area contributed by atoms with Gasteiger partial charge in [0.1, 0.15) is 11.5 Å². The number of hydrogen-bond donors (Lipinski definition) is 1. The van der Waals surface area contributed by atoms with E-state index in [0.717, 1.165) is 23.5 Å². The van der Waals surface area contributed by atoms with Crippen LogP contribution in [0, 0.1) is 11.6 Å². The molecule has 3 aromatic carbocycles. The third-order valence-corrected chi connectivity index (χ3v) is 5.78. The van der Waals surface area contributed by atoms with Crippen molar-refractivity contribution in [3.63, 3.8) is 0 Å². The summed E-state index contributed by atoms with van der Waals surface area (Å²) < 4.78 is 38.3. The van der Waals surface area contributed by atoms with Crippen molar-refractivity contribution in [1.82, 2.24) is 9.80 Å². The van der Waals surface area contributed by atoms with E-state index in [-0.39, 0.29) is 11.7 Å². The summed E-state index contributed by atoms with van der Waals surface area (Å²) in [7, 11) is 1.59. The molecule has 0 unspecified atom stereocenters. The molecule has 9 heteroatoms. The molecule has 1 fully saturated rings. The van der Waals surface area contributed by atoms with Crippen LogP contribution in [0.4, 0.5) is 25.0 Å². The molecule has 5 rings (SSSR count). The number of aliphatic imine (C=N–C) groups is 1. The fourth-order valence-electron chi connectivity index (χ4n) is 4.02. The first-order valence-corrected chi connectivity index (χ1v) is 10.8. The molecule has 0 bridgehead atoms. The smallest absolute Gasteiger partial charge is 0.321 e. The Kier molecular flexibility index (Phi) is 5.75. The summed E-state index contributed by atoms with van der Waals surface area (Å²) in [6.07, 6.45) is 0. The zero-order valence-corrected chi connectivity index (χ0v) is 18.4. The van der Waals surface area contributed by atoms with Crippen LogP contribution in [0.3, 0.4) is 0 Å². The van der Waals surface area contributed by atoms with Crippen LogP contribution >= 0.6 is 0 Å². The molecule has 34 heavy (non-hydrogen) atoms. The highest BCUT2D eigenvalue weighted by Gasteiger charge is 2.29. The topological polar surface area (TPSA) is 66.4 Å². The molecular weight excluding hydrogens is 442 g/mol. The van der Waals surface area contributed by atoms with Crippen molar-refractivity contribution in [2.75, 3.05) is 38.6 Å². The SMILES string of the molecule is COc1cccc2c1Oc1ccccc1N=C2N1CCN(C(=O)Nc2ccc(F)c(F)c2)CC1. The summed E-state index contributed by atoms with van der Waals surface area (Å²) in [4.78, 5) is 21.3. The van der Waals surface area contributed by atoms with Gasteiger partial charge in [0.25, 0.3) is 0 Å². The van der Waals surface area contributed by atoms with Crippen LogP contribution in [-0.2, 0) is 0 Å². The first-order valence-electron chi connectivity index (χ1n) is 10.8. The average Bonchev–Trinajstić information content (AvgIpc) is 3.03. The van der Waals surface area contributed by atoms with Crippen molar-refractivity contribution in [2.24, 2.45) is 4.99 Å². The van der Waals surface area contributed by atoms with E-state index in [9.17, 15) is 13.6 Å². The minimum Gasteiger partial charge on any atom is -0.493 e. The Balaban J connectivity index is 1.36. The quantitative estimate of drug-likeness (QED) is 0.579. The number of nitrogens with zero attached hydrogens (tertiary/aromatic N) is 3. The van der Waals surface area contributed by atoms with E-state index in [1.807, 2.05) is 42.5 Å². The number of piperazine rings is 1. The fraction of sp³-hybridized carbons (Fsp3) is 0.200. The van der Waals surface area contributed by atoms with E-state index in [1.54, 1.807) is 12.0 Å². The highest BCUT2D eigenvalue weighted by atomic mass is 19.2. The minimum absolute atomic E-state index is 0.203. The van der Waals surface area contributed by atoms with Crippen LogP contribution in [0.1, 0.15) is 5.56 Å². The van der Waals surface area contributed by atoms with Gasteiger partial charge in [0.15, 0.2) is 28.9 Å². The second kappa shape index (κ2) is 9.01. The number of hydrogen-bond acceptors (Lipinski definition) is 5. The lowest BCUT2D eigenvalue weighted by molar-refractivity contribution is 0.181. The summed E-state index contributed by atoms with van der Waals surface area (Å²) in [5, 5.41) is 2.62. The van der Waals surface area contributed by atoms with Gasteiger partial charge in [0, 0.05) is 37.9 Å². The largest absolute Gasteiger partial charge is 0.493 e. The van der Waals surface area contributed by atoms with Gasteiger partial charge in [-0.25, -0.2) is 18.6 Å². The molecule has 1 N–H and O–H groups in total. The maximum atomic E-state index is 13.5. The van der Waals surface area contributed by atoms with E-state index < -0.39 is 11.6 Å². The zero-order valence-electron chi connectivity index (χ0n) is 18.4. The number of urea groups is 1. The Morgan fingerprint density at radius 1 is 1.00 bits per heavy atom. The summed E-state index contributed by atoms with van der Waals surface area (Å²) in [6.45, 7) is 1.92. The summed E-state index contributed by atoms with van der Waals surface area (Å²) in [5.41, 5.74) is 1.71. The predicted molar refractivity (Wildman–Crippen MR) is 124 cm³/mol. The number of carbonyl (C=O) groups is 1. The second-order valence-electron chi connectivity index (χ2n) is 7.88. The molecule has 0 saturated carbocycles. The third-order valence-electron chi connectivity index (χ3n) is 5.78. The van der Waals surface area contributed by atoms with Crippen molar-refractivity contribution in [1.29, 1.82) is 0 Å². The maximum absolute atomic E-state index is 13.5. The Labute approximate surface area is 195 Å². The van der Waals surface area contributed by atoms with E-state index >= 15 is 0 Å². The van der Waals surface area contributed by atoms with Gasteiger partial charge >= 0.3 is 6.03 Å². The van der Waals surface area contributed by atoms with Gasteiger partial charge in [-0.2, -0.15) is 0 Å². The van der Waals surface area contributed by atoms with E-state index in [1.165, 1.54) is 6.07 Å². The number of halogens is 2. The van der Waals surface area contributed by atoms with E-state index in [4.69, 9.17) is 14.5 Å². The Morgan fingerprint density at radius 2 is 1.79 bits per heavy atom. The molecule has 174 valence electrons. The molecule has 0 atom stereocenters. The lowest BCUT2D eigenvalue weighted by Gasteiger charge is -2.36. The number of carbonyl (C=O) groups excluding carboxylic acids is 1. The van der Waals surface area contributed by atoms with Gasteiger partial charge < -0.3 is 24.6 Å². The van der Waals surface area contributed by atoms with Gasteiger partial charge in [-0.1, -0.05) is 18.2 Å². The van der Waals surface area contributed by atoms with Gasteiger partial charge in [0.2, 0.25) is 0 Å². The van der Waals surface area contributed by atoms with Crippen molar-refractivity contribution in [3.05, 3.63) is 77.9 Å². The maximum Gasteiger partial charge on any atom is 0.321 e. The van der Waals surface area contributed by atoms with Crippen molar-refractivity contribution < 1.29 is 23.0 Å². The number of anilines is 1. The molecule has 1 saturated heterocycles. The van der Waals surface area contributed by atoms with Crippen LogP contribution in [0.5, 0.6) is 17.2 Å². The van der Waals surface area contributed by atoms with Crippen LogP contribution in [-0.4, -0.2) is 55.0 Å². The number of methoxy groups -OCH3 is 1. The first-order chi connectivity index (χ1) is 16.5. The Morgan fingerprint density at radius 3 is 2.56 bits per heavy atom. The zero-order chi connectivity index (χ0) is 23.7. The molecule has 2 aliphatic rings. The van der Waals surface area contributed by atoms with Gasteiger partial charge in [-0.3, -0.25) is 0 Å². The molecule has 2 aliphatic heterocycles. The molecule has 0 spiro atoms. The number of amides is 2. The van der Waals surface area contributed by atoms with Crippen molar-refractivity contribution >= 4 is 23.2 Å². The highest BCUT2D eigenvalue weighted by Crippen LogP contribution is 2.42. The monoisotopic (exact) mass is 464 g/mol. The third kappa shape index (κ3) is 4.12. The second-order valence-corrected chi connectivity index (χ2v) is 7.88. The number of amidine groups is 1. The number of fused-ring (bicyclic) bond motifs is 2. The molecule has 3 aromatic rings. The summed E-state index contributed by atoms with van der Waals surface area (Å²) >= 11 is 0. The highest BCUT2D eigenvalue weighted by molar-refractivity contribution is 6.04. The summed E-state index contributed by atoms with van der Waals surface area (Å²) in [5.74, 6) is 0.592. The number of nitrogens with one attached hydrogen (secondary N) is 1. The minimum atomic E-state index is -1.01. The number of rotatable bonds is 2. The fourth-order valence-corrected chi connectivity index (χ4v) is 4.02. The predicted octanol–water partition coefficient (Wildman–Crippen LogP) is 5.01. The normalized spacial score (nSPS) is 14.9. The lowest BCUT2D eigenvalue weighted by Crippen LogP contribution is -2.51. The Bertz CT molecular complexity index is 1270. The molecule has 0 radical (unpaired) electrons. The van der Waals surface area contributed by atoms with Crippen molar-refractivity contribution in [2.45, 2.75) is 0 Å². The molecule has 2 amide bonds. The van der Waals surface area contributed by atoms with Gasteiger partial charge in [-0.05, 0) is 36.4 Å². The van der Waals surface area contributed by atoms with Crippen molar-refractivity contribution in [3.8, 4) is 17.2 Å². The van der Waals surface area contributed by atoms with Gasteiger partial charge in [0.05, 0.1) is 12.7 Å². The van der Waals surface area contributed by atoms with E-state index in [2.05, 4.69) is 10.2 Å². The lowest BCUT2D eigenvalue weighted by atomic mass is 10.1. The summed E-state index contributed by atoms with van der Waals surface area (Å²) in [6, 6.07) is 16.1. The first kappa shape index (κ1) is 21.7. The van der Waals surface area contributed by atoms with E-state index in [0.29, 0.717) is 49.1 Å². The van der Waals surface area contributed by atoms with Gasteiger partial charge in [-0.15, -0.1) is 0 Å². The van der Waals surface area contributed by atoms with Crippen LogP contribution < -0.4 is 14.8 Å².